The molecule has 6 heteroatoms. The van der Waals surface area contributed by atoms with Gasteiger partial charge in [-0.05, 0) is 44.5 Å². The highest BCUT2D eigenvalue weighted by molar-refractivity contribution is 5.72. The molecule has 3 heterocycles. The minimum atomic E-state index is -0.221. The van der Waals surface area contributed by atoms with E-state index >= 15 is 0 Å². The first-order valence-corrected chi connectivity index (χ1v) is 7.69. The highest BCUT2D eigenvalue weighted by Crippen LogP contribution is 2.39. The number of anilines is 2. The Kier molecular flexibility index (Phi) is 3.31. The van der Waals surface area contributed by atoms with Gasteiger partial charge in [0.15, 0.2) is 17.3 Å². The molecule has 1 atom stereocenters. The summed E-state index contributed by atoms with van der Waals surface area (Å²) in [5.41, 5.74) is 0.611. The molecular formula is C16H18N4O2. The molecule has 0 bridgehead atoms. The summed E-state index contributed by atoms with van der Waals surface area (Å²) in [6.07, 6.45) is 4.78. The molecule has 6 nitrogen and oxygen atoms in total. The topological polar surface area (TPSA) is 68.2 Å². The van der Waals surface area contributed by atoms with Crippen molar-refractivity contribution in [2.24, 2.45) is 0 Å². The molecule has 22 heavy (non-hydrogen) atoms. The average Bonchev–Trinajstić information content (AvgIpc) is 2.81. The monoisotopic (exact) mass is 298 g/mol. The van der Waals surface area contributed by atoms with Crippen molar-refractivity contribution in [3.63, 3.8) is 0 Å². The van der Waals surface area contributed by atoms with E-state index in [0.29, 0.717) is 11.6 Å². The molecule has 2 N–H and O–H groups in total. The van der Waals surface area contributed by atoms with Gasteiger partial charge in [0.05, 0.1) is 11.9 Å². The lowest BCUT2D eigenvalue weighted by molar-refractivity contribution is 0.413. The molecule has 0 saturated carbocycles. The molecule has 0 spiro atoms. The minimum Gasteiger partial charge on any atom is -0.450 e. The molecule has 4 rings (SSSR count). The lowest BCUT2D eigenvalue weighted by Crippen LogP contribution is -2.28. The van der Waals surface area contributed by atoms with E-state index in [1.807, 2.05) is 24.3 Å². The molecule has 1 aromatic carbocycles. The van der Waals surface area contributed by atoms with Crippen LogP contribution in [0.25, 0.3) is 0 Å². The predicted octanol–water partition coefficient (Wildman–Crippen LogP) is 2.41. The lowest BCUT2D eigenvalue weighted by Gasteiger charge is -2.23. The van der Waals surface area contributed by atoms with Gasteiger partial charge >= 0.3 is 5.69 Å². The van der Waals surface area contributed by atoms with Gasteiger partial charge in [0.25, 0.3) is 0 Å². The van der Waals surface area contributed by atoms with Crippen molar-refractivity contribution in [1.82, 2.24) is 14.9 Å². The van der Waals surface area contributed by atoms with E-state index in [1.165, 1.54) is 0 Å². The van der Waals surface area contributed by atoms with Crippen LogP contribution >= 0.6 is 0 Å². The fourth-order valence-electron chi connectivity index (χ4n) is 3.06. The van der Waals surface area contributed by atoms with E-state index in [0.717, 1.165) is 43.8 Å². The van der Waals surface area contributed by atoms with Crippen molar-refractivity contribution >= 4 is 11.5 Å². The Bertz CT molecular complexity index is 748. The van der Waals surface area contributed by atoms with Crippen LogP contribution in [-0.4, -0.2) is 22.6 Å². The number of ether oxygens (including phenoxy) is 1. The Morgan fingerprint density at radius 1 is 1.18 bits per heavy atom. The van der Waals surface area contributed by atoms with Crippen LogP contribution in [0.5, 0.6) is 11.5 Å². The molecule has 1 fully saturated rings. The van der Waals surface area contributed by atoms with Crippen LogP contribution in [0.2, 0.25) is 0 Å². The van der Waals surface area contributed by atoms with E-state index < -0.39 is 0 Å². The van der Waals surface area contributed by atoms with Gasteiger partial charge in [-0.1, -0.05) is 12.1 Å². The number of nitrogens with one attached hydrogen (secondary N) is 2. The molecule has 1 aromatic heterocycles. The summed E-state index contributed by atoms with van der Waals surface area (Å²) in [5, 5.41) is 6.52. The van der Waals surface area contributed by atoms with Crippen molar-refractivity contribution in [2.75, 3.05) is 18.4 Å². The van der Waals surface area contributed by atoms with Crippen LogP contribution in [0, 0.1) is 0 Å². The van der Waals surface area contributed by atoms with Crippen LogP contribution in [0.1, 0.15) is 25.3 Å². The van der Waals surface area contributed by atoms with Crippen molar-refractivity contribution in [3.8, 4) is 11.5 Å². The highest BCUT2D eigenvalue weighted by Gasteiger charge is 2.22. The zero-order chi connectivity index (χ0) is 14.9. The van der Waals surface area contributed by atoms with Crippen LogP contribution in [0.3, 0.4) is 0 Å². The van der Waals surface area contributed by atoms with Gasteiger partial charge in [0.1, 0.15) is 0 Å². The second-order valence-electron chi connectivity index (χ2n) is 5.70. The molecule has 2 aliphatic rings. The lowest BCUT2D eigenvalue weighted by atomic mass is 10.1. The van der Waals surface area contributed by atoms with Gasteiger partial charge in [0, 0.05) is 6.04 Å². The molecule has 0 amide bonds. The first-order valence-electron chi connectivity index (χ1n) is 7.69. The standard InChI is InChI=1S/C16H18N4O2/c21-16-19-15-14(22-13-6-2-1-5-12(13)18-15)10-20(16)11-4-3-8-17-9-7-11/h1-2,5-6,10-11,17H,3-4,7-9H2,(H,18,19,21). The number of aromatic nitrogens is 2. The third kappa shape index (κ3) is 2.35. The fourth-order valence-corrected chi connectivity index (χ4v) is 3.06. The Labute approximate surface area is 128 Å². The number of hydrogen-bond donors (Lipinski definition) is 2. The van der Waals surface area contributed by atoms with Crippen LogP contribution in [-0.2, 0) is 0 Å². The van der Waals surface area contributed by atoms with Gasteiger partial charge in [-0.25, -0.2) is 4.79 Å². The number of benzene rings is 1. The van der Waals surface area contributed by atoms with Gasteiger partial charge in [0.2, 0.25) is 0 Å². The largest absolute Gasteiger partial charge is 0.450 e. The molecule has 2 aromatic rings. The molecule has 1 saturated heterocycles. The van der Waals surface area contributed by atoms with Crippen molar-refractivity contribution < 1.29 is 4.74 Å². The van der Waals surface area contributed by atoms with Crippen LogP contribution in [0.4, 0.5) is 11.5 Å². The Morgan fingerprint density at radius 3 is 3.05 bits per heavy atom. The Balaban J connectivity index is 1.71. The zero-order valence-corrected chi connectivity index (χ0v) is 12.2. The van der Waals surface area contributed by atoms with Gasteiger partial charge < -0.3 is 15.4 Å². The maximum atomic E-state index is 12.4. The van der Waals surface area contributed by atoms with Crippen molar-refractivity contribution in [3.05, 3.63) is 40.9 Å². The summed E-state index contributed by atoms with van der Waals surface area (Å²) >= 11 is 0. The number of para-hydroxylation sites is 2. The maximum absolute atomic E-state index is 12.4. The summed E-state index contributed by atoms with van der Waals surface area (Å²) in [6, 6.07) is 7.83. The van der Waals surface area contributed by atoms with Gasteiger partial charge in [-0.15, -0.1) is 0 Å². The van der Waals surface area contributed by atoms with E-state index in [-0.39, 0.29) is 11.7 Å². The third-order valence-electron chi connectivity index (χ3n) is 4.22. The van der Waals surface area contributed by atoms with Gasteiger partial charge in [-0.2, -0.15) is 4.98 Å². The number of nitrogens with zero attached hydrogens (tertiary/aromatic N) is 2. The first-order chi connectivity index (χ1) is 10.8. The number of fused-ring (bicyclic) bond motifs is 2. The number of rotatable bonds is 1. The fraction of sp³-hybridized carbons (Fsp3) is 0.375. The predicted molar refractivity (Wildman–Crippen MR) is 84.1 cm³/mol. The maximum Gasteiger partial charge on any atom is 0.350 e. The molecule has 2 aliphatic heterocycles. The van der Waals surface area contributed by atoms with E-state index in [4.69, 9.17) is 4.74 Å². The van der Waals surface area contributed by atoms with E-state index in [1.54, 1.807) is 10.8 Å². The smallest absolute Gasteiger partial charge is 0.350 e. The molecule has 114 valence electrons. The summed E-state index contributed by atoms with van der Waals surface area (Å²) in [5.74, 6) is 1.85. The molecule has 0 aliphatic carbocycles. The summed E-state index contributed by atoms with van der Waals surface area (Å²) < 4.78 is 7.62. The highest BCUT2D eigenvalue weighted by atomic mass is 16.5. The molecule has 1 unspecified atom stereocenters. The van der Waals surface area contributed by atoms with Crippen LogP contribution in [0.15, 0.2) is 35.3 Å². The molecule has 0 radical (unpaired) electrons. The van der Waals surface area contributed by atoms with Gasteiger partial charge in [-0.3, -0.25) is 4.57 Å². The Morgan fingerprint density at radius 2 is 2.09 bits per heavy atom. The third-order valence-corrected chi connectivity index (χ3v) is 4.22. The summed E-state index contributed by atoms with van der Waals surface area (Å²) in [4.78, 5) is 16.5. The van der Waals surface area contributed by atoms with E-state index in [9.17, 15) is 4.79 Å². The number of hydrogen-bond acceptors (Lipinski definition) is 5. The normalized spacial score (nSPS) is 20.1. The zero-order valence-electron chi connectivity index (χ0n) is 12.2. The molecular weight excluding hydrogens is 280 g/mol. The van der Waals surface area contributed by atoms with Crippen LogP contribution < -0.4 is 21.1 Å². The second-order valence-corrected chi connectivity index (χ2v) is 5.70. The quantitative estimate of drug-likeness (QED) is 0.722. The SMILES string of the molecule is O=c1nc2c(cn1C1CCCNCC1)Oc1ccccc1N2. The average molecular weight is 298 g/mol. The summed E-state index contributed by atoms with van der Waals surface area (Å²) in [7, 11) is 0. The second kappa shape index (κ2) is 5.46. The van der Waals surface area contributed by atoms with Crippen molar-refractivity contribution in [2.45, 2.75) is 25.3 Å². The summed E-state index contributed by atoms with van der Waals surface area (Å²) in [6.45, 7) is 1.94. The van der Waals surface area contributed by atoms with E-state index in [2.05, 4.69) is 15.6 Å². The minimum absolute atomic E-state index is 0.182. The first kappa shape index (κ1) is 13.3. The Hall–Kier alpha value is -2.34. The van der Waals surface area contributed by atoms with Crippen molar-refractivity contribution in [1.29, 1.82) is 0 Å².